The van der Waals surface area contributed by atoms with Crippen LogP contribution in [0.4, 0.5) is 16.0 Å². The third kappa shape index (κ3) is 3.81. The number of rotatable bonds is 6. The number of benzene rings is 1. The summed E-state index contributed by atoms with van der Waals surface area (Å²) in [6.45, 7) is 1.73. The molecule has 0 fully saturated rings. The number of halogens is 1. The monoisotopic (exact) mass is 425 g/mol. The molecule has 0 aliphatic carbocycles. The number of aromatic hydroxyl groups is 1. The number of nitrogens with two attached hydrogens (primary N) is 2. The van der Waals surface area contributed by atoms with Crippen LogP contribution in [0.1, 0.15) is 23.0 Å². The molecule has 150 valence electrons. The first kappa shape index (κ1) is 21.7. The first-order valence-electron chi connectivity index (χ1n) is 8.12. The lowest BCUT2D eigenvalue weighted by Crippen LogP contribution is -2.24. The number of fused-ring (bicyclic) bond motifs is 1. The highest BCUT2D eigenvalue weighted by atomic mass is 32.1. The SMILES string of the molecule is CC[C@@H](CO)Nc1nc(-c2cccc(O)c2F)c2c(N)c(C(N)=O)sc2n1.S. The van der Waals surface area contributed by atoms with Crippen LogP contribution < -0.4 is 16.8 Å². The Morgan fingerprint density at radius 3 is 2.71 bits per heavy atom. The van der Waals surface area contributed by atoms with Crippen LogP contribution in [0.5, 0.6) is 5.75 Å². The van der Waals surface area contributed by atoms with E-state index in [1.165, 1.54) is 18.2 Å². The lowest BCUT2D eigenvalue weighted by atomic mass is 10.1. The Balaban J connectivity index is 0.00000280. The van der Waals surface area contributed by atoms with E-state index in [0.29, 0.717) is 11.3 Å². The van der Waals surface area contributed by atoms with Gasteiger partial charge in [0.1, 0.15) is 9.71 Å². The van der Waals surface area contributed by atoms with E-state index < -0.39 is 17.5 Å². The van der Waals surface area contributed by atoms with Gasteiger partial charge in [0.2, 0.25) is 5.95 Å². The highest BCUT2D eigenvalue weighted by Gasteiger charge is 2.23. The third-order valence-electron chi connectivity index (χ3n) is 4.09. The van der Waals surface area contributed by atoms with E-state index in [2.05, 4.69) is 15.3 Å². The minimum absolute atomic E-state index is 0. The normalized spacial score (nSPS) is 11.8. The summed E-state index contributed by atoms with van der Waals surface area (Å²) in [4.78, 5) is 20.7. The largest absolute Gasteiger partial charge is 0.505 e. The zero-order chi connectivity index (χ0) is 19.7. The maximum atomic E-state index is 14.5. The number of aliphatic hydroxyl groups excluding tert-OH is 1. The number of carbonyl (C=O) groups excluding carboxylic acids is 1. The molecular formula is C17H20FN5O3S2. The van der Waals surface area contributed by atoms with Crippen molar-refractivity contribution in [3.05, 3.63) is 28.9 Å². The topological polar surface area (TPSA) is 147 Å². The number of thiophene rings is 1. The molecule has 0 radical (unpaired) electrons. The molecule has 0 aliphatic rings. The van der Waals surface area contributed by atoms with Crippen LogP contribution in [-0.2, 0) is 0 Å². The van der Waals surface area contributed by atoms with Crippen LogP contribution in [-0.4, -0.2) is 38.7 Å². The van der Waals surface area contributed by atoms with Gasteiger partial charge in [0, 0.05) is 5.56 Å². The predicted octanol–water partition coefficient (Wildman–Crippen LogP) is 2.18. The number of primary amides is 1. The van der Waals surface area contributed by atoms with Crippen molar-refractivity contribution in [1.29, 1.82) is 0 Å². The molecule has 2 aromatic heterocycles. The number of amides is 1. The lowest BCUT2D eigenvalue weighted by molar-refractivity contribution is 0.100. The summed E-state index contributed by atoms with van der Waals surface area (Å²) in [5.41, 5.74) is 11.6. The fraction of sp³-hybridized carbons (Fsp3) is 0.235. The van der Waals surface area contributed by atoms with Gasteiger partial charge in [-0.2, -0.15) is 13.5 Å². The lowest BCUT2D eigenvalue weighted by Gasteiger charge is -2.15. The summed E-state index contributed by atoms with van der Waals surface area (Å²) in [6, 6.07) is 3.80. The zero-order valence-electron chi connectivity index (χ0n) is 14.9. The highest BCUT2D eigenvalue weighted by molar-refractivity contribution is 7.59. The summed E-state index contributed by atoms with van der Waals surface area (Å²) >= 11 is 0.969. The summed E-state index contributed by atoms with van der Waals surface area (Å²) in [7, 11) is 0. The number of nitrogens with one attached hydrogen (secondary N) is 1. The van der Waals surface area contributed by atoms with Crippen molar-refractivity contribution in [1.82, 2.24) is 9.97 Å². The molecule has 11 heteroatoms. The van der Waals surface area contributed by atoms with Gasteiger partial charge in [0.05, 0.1) is 29.4 Å². The minimum Gasteiger partial charge on any atom is -0.505 e. The molecule has 0 saturated heterocycles. The van der Waals surface area contributed by atoms with E-state index in [1.54, 1.807) is 0 Å². The van der Waals surface area contributed by atoms with Gasteiger partial charge < -0.3 is 27.0 Å². The number of anilines is 2. The number of hydrogen-bond donors (Lipinski definition) is 5. The van der Waals surface area contributed by atoms with Crippen molar-refractivity contribution in [2.45, 2.75) is 19.4 Å². The standard InChI is InChI=1S/C17H18FN5O3S.H2S/c1-2-7(6-24)21-17-22-13(8-4-3-5-9(25)11(8)18)10-12(19)14(15(20)26)27-16(10)23-17;/h3-5,7,24-25H,2,6,19H2,1H3,(H2,20,26)(H,21,22,23);1H2/t7-;/m0./s1. The van der Waals surface area contributed by atoms with Crippen molar-refractivity contribution in [2.75, 3.05) is 17.7 Å². The second-order valence-electron chi connectivity index (χ2n) is 5.86. The van der Waals surface area contributed by atoms with Gasteiger partial charge in [-0.25, -0.2) is 14.4 Å². The summed E-state index contributed by atoms with van der Waals surface area (Å²) < 4.78 is 14.5. The average Bonchev–Trinajstić information content (AvgIpc) is 2.98. The fourth-order valence-electron chi connectivity index (χ4n) is 2.63. The Kier molecular flexibility index (Phi) is 6.65. The molecule has 0 bridgehead atoms. The molecule has 2 heterocycles. The molecule has 3 aromatic rings. The molecule has 8 nitrogen and oxygen atoms in total. The molecule has 1 aromatic carbocycles. The molecule has 0 spiro atoms. The second kappa shape index (κ2) is 8.59. The van der Waals surface area contributed by atoms with E-state index in [4.69, 9.17) is 11.5 Å². The van der Waals surface area contributed by atoms with Crippen molar-refractivity contribution in [3.8, 4) is 17.0 Å². The predicted molar refractivity (Wildman–Crippen MR) is 113 cm³/mol. The maximum absolute atomic E-state index is 14.5. The summed E-state index contributed by atoms with van der Waals surface area (Å²) in [6.07, 6.45) is 0.604. The van der Waals surface area contributed by atoms with Crippen LogP contribution in [0.2, 0.25) is 0 Å². The number of carbonyl (C=O) groups is 1. The highest BCUT2D eigenvalue weighted by Crippen LogP contribution is 2.40. The van der Waals surface area contributed by atoms with Gasteiger partial charge >= 0.3 is 0 Å². The van der Waals surface area contributed by atoms with Gasteiger partial charge in [-0.15, -0.1) is 11.3 Å². The van der Waals surface area contributed by atoms with Crippen LogP contribution in [0, 0.1) is 5.82 Å². The molecule has 0 aliphatic heterocycles. The maximum Gasteiger partial charge on any atom is 0.260 e. The van der Waals surface area contributed by atoms with Crippen LogP contribution in [0.3, 0.4) is 0 Å². The molecule has 1 atom stereocenters. The summed E-state index contributed by atoms with van der Waals surface area (Å²) in [5, 5.41) is 22.4. The van der Waals surface area contributed by atoms with Gasteiger partial charge in [-0.05, 0) is 18.6 Å². The van der Waals surface area contributed by atoms with E-state index in [0.717, 1.165) is 11.3 Å². The molecule has 7 N–H and O–H groups in total. The smallest absolute Gasteiger partial charge is 0.260 e. The summed E-state index contributed by atoms with van der Waals surface area (Å²) in [5.74, 6) is -2.00. The van der Waals surface area contributed by atoms with Crippen LogP contribution >= 0.6 is 24.8 Å². The first-order valence-corrected chi connectivity index (χ1v) is 8.94. The number of nitrogen functional groups attached to an aromatic ring is 1. The third-order valence-corrected chi connectivity index (χ3v) is 5.21. The minimum atomic E-state index is -0.871. The Labute approximate surface area is 170 Å². The second-order valence-corrected chi connectivity index (χ2v) is 6.85. The van der Waals surface area contributed by atoms with E-state index in [1.807, 2.05) is 6.92 Å². The Morgan fingerprint density at radius 1 is 1.39 bits per heavy atom. The number of aliphatic hydroxyl groups is 1. The number of phenolic OH excluding ortho intramolecular Hbond substituents is 1. The number of phenols is 1. The van der Waals surface area contributed by atoms with Crippen LogP contribution in [0.15, 0.2) is 18.2 Å². The number of hydrogen-bond acceptors (Lipinski definition) is 8. The van der Waals surface area contributed by atoms with Crippen molar-refractivity contribution in [3.63, 3.8) is 0 Å². The Bertz CT molecular complexity index is 1020. The zero-order valence-corrected chi connectivity index (χ0v) is 16.7. The Morgan fingerprint density at radius 2 is 2.11 bits per heavy atom. The molecular weight excluding hydrogens is 405 g/mol. The van der Waals surface area contributed by atoms with E-state index in [9.17, 15) is 19.4 Å². The Hall–Kier alpha value is -2.63. The van der Waals surface area contributed by atoms with Crippen molar-refractivity contribution in [2.24, 2.45) is 5.73 Å². The van der Waals surface area contributed by atoms with Crippen LogP contribution in [0.25, 0.3) is 21.5 Å². The van der Waals surface area contributed by atoms with Gasteiger partial charge in [-0.1, -0.05) is 13.0 Å². The first-order chi connectivity index (χ1) is 12.9. The van der Waals surface area contributed by atoms with Crippen molar-refractivity contribution >= 4 is 52.6 Å². The fourth-order valence-corrected chi connectivity index (χ4v) is 3.57. The van der Waals surface area contributed by atoms with Gasteiger partial charge in [0.15, 0.2) is 11.6 Å². The molecule has 3 rings (SSSR count). The van der Waals surface area contributed by atoms with Crippen molar-refractivity contribution < 1.29 is 19.4 Å². The quantitative estimate of drug-likeness (QED) is 0.406. The average molecular weight is 426 g/mol. The van der Waals surface area contributed by atoms with E-state index >= 15 is 0 Å². The molecule has 0 saturated carbocycles. The van der Waals surface area contributed by atoms with Gasteiger partial charge in [-0.3, -0.25) is 4.79 Å². The molecule has 28 heavy (non-hydrogen) atoms. The molecule has 0 unspecified atom stereocenters. The van der Waals surface area contributed by atoms with E-state index in [-0.39, 0.29) is 59.3 Å². The number of nitrogens with zero attached hydrogens (tertiary/aromatic N) is 2. The molecule has 1 amide bonds. The number of aromatic nitrogens is 2. The van der Waals surface area contributed by atoms with Gasteiger partial charge in [0.25, 0.3) is 5.91 Å².